The molecule has 2 heterocycles. The zero-order chi connectivity index (χ0) is 34.8. The molecule has 0 saturated heterocycles. The van der Waals surface area contributed by atoms with Crippen LogP contribution in [-0.2, 0) is 0 Å². The second kappa shape index (κ2) is 11.9. The lowest BCUT2D eigenvalue weighted by Crippen LogP contribution is -2.15. The van der Waals surface area contributed by atoms with E-state index in [0.29, 0.717) is 0 Å². The maximum absolute atomic E-state index is 6.29. The third kappa shape index (κ3) is 4.58. The highest BCUT2D eigenvalue weighted by atomic mass is 16.5. The minimum absolute atomic E-state index is 0.772. The summed E-state index contributed by atoms with van der Waals surface area (Å²) in [6, 6.07) is 54.2. The summed E-state index contributed by atoms with van der Waals surface area (Å²) in [6.45, 7) is 0. The first-order valence-corrected chi connectivity index (χ1v) is 17.2. The van der Waals surface area contributed by atoms with Crippen LogP contribution in [0.15, 0.2) is 158 Å². The van der Waals surface area contributed by atoms with E-state index in [0.717, 1.165) is 101 Å². The largest absolute Gasteiger partial charge is 0.496 e. The lowest BCUT2D eigenvalue weighted by Gasteiger charge is -2.33. The standard InChI is InChI=1S/C46H32N2O4/c1-49-43-25-19-29-27-31(47-35-11-3-7-15-39(35)51-40-16-8-4-12-36(40)47)21-23-33(29)45(43)46-34-24-22-32(28-30(34)20-26-44(46)50-2)48-37-13-5-9-17-41(37)52-42-18-10-6-14-38(42)48/h3-28H,1-2H3. The maximum Gasteiger partial charge on any atom is 0.151 e. The summed E-state index contributed by atoms with van der Waals surface area (Å²) in [7, 11) is 3.45. The van der Waals surface area contributed by atoms with E-state index in [1.165, 1.54) is 0 Å². The van der Waals surface area contributed by atoms with Crippen molar-refractivity contribution in [2.75, 3.05) is 24.0 Å². The topological polar surface area (TPSA) is 43.4 Å². The Morgan fingerprint density at radius 3 is 1.08 bits per heavy atom. The summed E-state index contributed by atoms with van der Waals surface area (Å²) in [6.07, 6.45) is 0. The lowest BCUT2D eigenvalue weighted by molar-refractivity contribution is 0.411. The fourth-order valence-corrected chi connectivity index (χ4v) is 7.69. The predicted octanol–water partition coefficient (Wildman–Crippen LogP) is 12.8. The molecule has 52 heavy (non-hydrogen) atoms. The molecule has 6 heteroatoms. The highest BCUT2D eigenvalue weighted by Gasteiger charge is 2.28. The second-order valence-electron chi connectivity index (χ2n) is 12.8. The molecule has 250 valence electrons. The van der Waals surface area contributed by atoms with E-state index < -0.39 is 0 Å². The van der Waals surface area contributed by atoms with Crippen molar-refractivity contribution in [1.82, 2.24) is 0 Å². The molecule has 0 aromatic heterocycles. The molecule has 0 aliphatic carbocycles. The first-order chi connectivity index (χ1) is 25.7. The number of anilines is 6. The summed E-state index contributed by atoms with van der Waals surface area (Å²) in [5, 5.41) is 4.27. The molecule has 0 bridgehead atoms. The van der Waals surface area contributed by atoms with Gasteiger partial charge in [-0.25, -0.2) is 0 Å². The SMILES string of the molecule is COc1ccc2cc(N3c4ccccc4Oc4ccccc43)ccc2c1-c1c(OC)ccc2cc(N3c4ccccc4Oc4ccccc43)ccc12. The minimum Gasteiger partial charge on any atom is -0.496 e. The van der Waals surface area contributed by atoms with Gasteiger partial charge in [0.05, 0.1) is 37.0 Å². The molecule has 0 saturated carbocycles. The summed E-state index contributed by atoms with van der Waals surface area (Å²) < 4.78 is 24.8. The molecule has 0 amide bonds. The molecular weight excluding hydrogens is 645 g/mol. The molecular formula is C46H32N2O4. The van der Waals surface area contributed by atoms with E-state index in [-0.39, 0.29) is 0 Å². The van der Waals surface area contributed by atoms with Crippen LogP contribution in [0.1, 0.15) is 0 Å². The van der Waals surface area contributed by atoms with Crippen molar-refractivity contribution in [3.8, 4) is 45.6 Å². The molecule has 8 aromatic rings. The van der Waals surface area contributed by atoms with Gasteiger partial charge in [-0.3, -0.25) is 0 Å². The van der Waals surface area contributed by atoms with Gasteiger partial charge in [-0.1, -0.05) is 72.8 Å². The Hall–Kier alpha value is -6.92. The van der Waals surface area contributed by atoms with Crippen molar-refractivity contribution >= 4 is 55.7 Å². The van der Waals surface area contributed by atoms with Gasteiger partial charge in [0.15, 0.2) is 23.0 Å². The lowest BCUT2D eigenvalue weighted by atomic mass is 9.91. The molecule has 0 spiro atoms. The zero-order valence-corrected chi connectivity index (χ0v) is 28.5. The predicted molar refractivity (Wildman–Crippen MR) is 210 cm³/mol. The van der Waals surface area contributed by atoms with Gasteiger partial charge >= 0.3 is 0 Å². The molecule has 8 aromatic carbocycles. The normalized spacial score (nSPS) is 12.7. The van der Waals surface area contributed by atoms with Gasteiger partial charge in [-0.15, -0.1) is 0 Å². The number of ether oxygens (including phenoxy) is 4. The van der Waals surface area contributed by atoms with Gasteiger partial charge in [-0.2, -0.15) is 0 Å². The average Bonchev–Trinajstić information content (AvgIpc) is 3.20. The Morgan fingerprint density at radius 1 is 0.385 bits per heavy atom. The smallest absolute Gasteiger partial charge is 0.151 e. The van der Waals surface area contributed by atoms with Crippen LogP contribution < -0.4 is 28.7 Å². The first kappa shape index (κ1) is 29.9. The highest BCUT2D eigenvalue weighted by Crippen LogP contribution is 2.53. The molecule has 0 fully saturated rings. The highest BCUT2D eigenvalue weighted by molar-refractivity contribution is 6.11. The summed E-state index contributed by atoms with van der Waals surface area (Å²) in [4.78, 5) is 4.53. The Morgan fingerprint density at radius 2 is 0.731 bits per heavy atom. The Kier molecular flexibility index (Phi) is 6.83. The summed E-state index contributed by atoms with van der Waals surface area (Å²) >= 11 is 0. The summed E-state index contributed by atoms with van der Waals surface area (Å²) in [5.74, 6) is 4.82. The molecule has 2 aliphatic rings. The van der Waals surface area contributed by atoms with Crippen LogP contribution in [0.25, 0.3) is 32.7 Å². The molecule has 0 unspecified atom stereocenters. The van der Waals surface area contributed by atoms with Gasteiger partial charge in [-0.05, 0) is 106 Å². The molecule has 0 atom stereocenters. The van der Waals surface area contributed by atoms with Crippen LogP contribution >= 0.6 is 0 Å². The quantitative estimate of drug-likeness (QED) is 0.181. The van der Waals surface area contributed by atoms with E-state index >= 15 is 0 Å². The number of para-hydroxylation sites is 8. The molecule has 2 aliphatic heterocycles. The van der Waals surface area contributed by atoms with E-state index in [2.05, 4.69) is 94.7 Å². The van der Waals surface area contributed by atoms with Gasteiger partial charge < -0.3 is 28.7 Å². The van der Waals surface area contributed by atoms with Crippen LogP contribution in [0.3, 0.4) is 0 Å². The number of nitrogens with zero attached hydrogens (tertiary/aromatic N) is 2. The molecule has 0 N–H and O–H groups in total. The fraction of sp³-hybridized carbons (Fsp3) is 0.0435. The van der Waals surface area contributed by atoms with Gasteiger partial charge in [0.2, 0.25) is 0 Å². The van der Waals surface area contributed by atoms with E-state index in [1.807, 2.05) is 72.8 Å². The van der Waals surface area contributed by atoms with Gasteiger partial charge in [0.1, 0.15) is 11.5 Å². The third-order valence-corrected chi connectivity index (χ3v) is 10.0. The van der Waals surface area contributed by atoms with Crippen LogP contribution in [0.4, 0.5) is 34.1 Å². The Bertz CT molecular complexity index is 2430. The number of hydrogen-bond donors (Lipinski definition) is 0. The Labute approximate surface area is 301 Å². The third-order valence-electron chi connectivity index (χ3n) is 10.0. The first-order valence-electron chi connectivity index (χ1n) is 17.2. The van der Waals surface area contributed by atoms with Crippen LogP contribution in [0, 0.1) is 0 Å². The van der Waals surface area contributed by atoms with Crippen molar-refractivity contribution in [2.24, 2.45) is 0 Å². The monoisotopic (exact) mass is 676 g/mol. The van der Waals surface area contributed by atoms with E-state index in [4.69, 9.17) is 18.9 Å². The van der Waals surface area contributed by atoms with Crippen molar-refractivity contribution in [1.29, 1.82) is 0 Å². The van der Waals surface area contributed by atoms with Gasteiger partial charge in [0.25, 0.3) is 0 Å². The van der Waals surface area contributed by atoms with Crippen molar-refractivity contribution < 1.29 is 18.9 Å². The fourth-order valence-electron chi connectivity index (χ4n) is 7.69. The maximum atomic E-state index is 6.29. The summed E-state index contributed by atoms with van der Waals surface area (Å²) in [5.41, 5.74) is 7.99. The van der Waals surface area contributed by atoms with E-state index in [1.54, 1.807) is 14.2 Å². The number of methoxy groups -OCH3 is 2. The molecule has 10 rings (SSSR count). The minimum atomic E-state index is 0.772. The second-order valence-corrected chi connectivity index (χ2v) is 12.8. The van der Waals surface area contributed by atoms with Crippen molar-refractivity contribution in [2.45, 2.75) is 0 Å². The van der Waals surface area contributed by atoms with Crippen LogP contribution in [0.5, 0.6) is 34.5 Å². The molecule has 6 nitrogen and oxygen atoms in total. The molecule has 0 radical (unpaired) electrons. The van der Waals surface area contributed by atoms with Crippen LogP contribution in [0.2, 0.25) is 0 Å². The zero-order valence-electron chi connectivity index (χ0n) is 28.5. The Balaban J connectivity index is 1.15. The number of benzene rings is 8. The van der Waals surface area contributed by atoms with E-state index in [9.17, 15) is 0 Å². The van der Waals surface area contributed by atoms with Crippen molar-refractivity contribution in [3.05, 3.63) is 158 Å². The number of hydrogen-bond acceptors (Lipinski definition) is 6. The van der Waals surface area contributed by atoms with Crippen molar-refractivity contribution in [3.63, 3.8) is 0 Å². The average molecular weight is 677 g/mol. The van der Waals surface area contributed by atoms with Gasteiger partial charge in [0, 0.05) is 22.5 Å². The number of rotatable bonds is 5. The van der Waals surface area contributed by atoms with Crippen LogP contribution in [-0.4, -0.2) is 14.2 Å². The number of fused-ring (bicyclic) bond motifs is 6.